The topological polar surface area (TPSA) is 79.5 Å². The van der Waals surface area contributed by atoms with Crippen LogP contribution in [-0.2, 0) is 4.79 Å². The molecule has 6 nitrogen and oxygen atoms in total. The van der Waals surface area contributed by atoms with E-state index in [4.69, 9.17) is 27.9 Å². The fraction of sp³-hybridized carbons (Fsp3) is 0.125. The average Bonchev–Trinajstić information content (AvgIpc) is 2.56. The predicted molar refractivity (Wildman–Crippen MR) is 93.3 cm³/mol. The van der Waals surface area contributed by atoms with Gasteiger partial charge in [0.2, 0.25) is 0 Å². The van der Waals surface area contributed by atoms with Gasteiger partial charge >= 0.3 is 6.03 Å². The highest BCUT2D eigenvalue weighted by molar-refractivity contribution is 6.35. The Kier molecular flexibility index (Phi) is 6.28. The molecule has 0 spiro atoms. The van der Waals surface area contributed by atoms with Crippen molar-refractivity contribution >= 4 is 40.8 Å². The maximum atomic E-state index is 11.9. The second-order valence-corrected chi connectivity index (χ2v) is 5.61. The molecule has 1 unspecified atom stereocenters. The van der Waals surface area contributed by atoms with Crippen molar-refractivity contribution in [2.24, 2.45) is 0 Å². The zero-order valence-corrected chi connectivity index (χ0v) is 14.2. The molecule has 3 amide bonds. The number of hydrazine groups is 1. The molecule has 2 aromatic rings. The van der Waals surface area contributed by atoms with Gasteiger partial charge in [-0.1, -0.05) is 41.4 Å². The van der Waals surface area contributed by atoms with E-state index in [0.29, 0.717) is 16.5 Å². The quantitative estimate of drug-likeness (QED) is 0.722. The first-order valence-electron chi connectivity index (χ1n) is 6.99. The second-order valence-electron chi connectivity index (χ2n) is 4.77. The van der Waals surface area contributed by atoms with Crippen LogP contribution in [0.1, 0.15) is 6.92 Å². The number of urea groups is 1. The molecule has 0 bridgehead atoms. The first-order chi connectivity index (χ1) is 11.5. The maximum Gasteiger partial charge on any atom is 0.337 e. The van der Waals surface area contributed by atoms with Crippen LogP contribution in [0.15, 0.2) is 48.5 Å². The number of nitrogens with one attached hydrogen (secondary N) is 3. The van der Waals surface area contributed by atoms with Gasteiger partial charge in [-0.3, -0.25) is 10.2 Å². The van der Waals surface area contributed by atoms with Gasteiger partial charge in [-0.05, 0) is 37.3 Å². The van der Waals surface area contributed by atoms with E-state index in [-0.39, 0.29) is 5.02 Å². The summed E-state index contributed by atoms with van der Waals surface area (Å²) in [5, 5.41) is 3.31. The third-order valence-electron chi connectivity index (χ3n) is 2.90. The van der Waals surface area contributed by atoms with Crippen molar-refractivity contribution in [3.8, 4) is 5.75 Å². The second kappa shape index (κ2) is 8.42. The van der Waals surface area contributed by atoms with E-state index in [1.54, 1.807) is 36.4 Å². The minimum absolute atomic E-state index is 0.289. The van der Waals surface area contributed by atoms with Gasteiger partial charge in [0, 0.05) is 10.7 Å². The first-order valence-corrected chi connectivity index (χ1v) is 7.75. The predicted octanol–water partition coefficient (Wildman–Crippen LogP) is 3.61. The van der Waals surface area contributed by atoms with Crippen molar-refractivity contribution in [1.82, 2.24) is 10.9 Å². The van der Waals surface area contributed by atoms with E-state index in [0.717, 1.165) is 0 Å². The van der Waals surface area contributed by atoms with Gasteiger partial charge in [0.25, 0.3) is 5.91 Å². The van der Waals surface area contributed by atoms with Crippen LogP contribution in [0.4, 0.5) is 10.5 Å². The average molecular weight is 368 g/mol. The zero-order chi connectivity index (χ0) is 17.5. The molecule has 0 aliphatic rings. The Bertz CT molecular complexity index is 726. The van der Waals surface area contributed by atoms with Gasteiger partial charge in [0.15, 0.2) is 6.10 Å². The molecule has 0 saturated heterocycles. The van der Waals surface area contributed by atoms with Crippen molar-refractivity contribution in [3.05, 3.63) is 58.6 Å². The highest BCUT2D eigenvalue weighted by Crippen LogP contribution is 2.28. The third-order valence-corrected chi connectivity index (χ3v) is 3.43. The van der Waals surface area contributed by atoms with Crippen LogP contribution in [0, 0.1) is 0 Å². The summed E-state index contributed by atoms with van der Waals surface area (Å²) in [5.74, 6) is -0.221. The molecule has 2 aromatic carbocycles. The number of para-hydroxylation sites is 1. The van der Waals surface area contributed by atoms with Gasteiger partial charge in [0.05, 0.1) is 5.02 Å². The molecule has 24 heavy (non-hydrogen) atoms. The van der Waals surface area contributed by atoms with Crippen molar-refractivity contribution in [3.63, 3.8) is 0 Å². The Hall–Kier alpha value is -2.44. The molecule has 0 radical (unpaired) electrons. The number of hydrogen-bond acceptors (Lipinski definition) is 3. The minimum atomic E-state index is -0.874. The standard InChI is InChI=1S/C16H15Cl2N3O3/c1-10(24-14-8-7-11(17)9-13(14)18)15(22)20-21-16(23)19-12-5-3-2-4-6-12/h2-10H,1H3,(H,20,22)(H2,19,21,23). The number of rotatable bonds is 4. The number of halogens is 2. The van der Waals surface area contributed by atoms with Crippen molar-refractivity contribution in [2.75, 3.05) is 5.32 Å². The molecule has 0 aliphatic carbocycles. The summed E-state index contributed by atoms with van der Waals surface area (Å²) in [7, 11) is 0. The Morgan fingerprint density at radius 3 is 2.42 bits per heavy atom. The lowest BCUT2D eigenvalue weighted by atomic mass is 10.3. The Labute approximate surface area is 149 Å². The summed E-state index contributed by atoms with van der Waals surface area (Å²) < 4.78 is 5.44. The number of anilines is 1. The molecule has 126 valence electrons. The van der Waals surface area contributed by atoms with E-state index < -0.39 is 18.0 Å². The van der Waals surface area contributed by atoms with Crippen LogP contribution < -0.4 is 20.9 Å². The lowest BCUT2D eigenvalue weighted by Gasteiger charge is -2.16. The molecule has 1 atom stereocenters. The lowest BCUT2D eigenvalue weighted by molar-refractivity contribution is -0.127. The largest absolute Gasteiger partial charge is 0.479 e. The normalized spacial score (nSPS) is 11.3. The summed E-state index contributed by atoms with van der Waals surface area (Å²) in [6, 6.07) is 12.9. The van der Waals surface area contributed by atoms with Crippen molar-refractivity contribution < 1.29 is 14.3 Å². The van der Waals surface area contributed by atoms with Crippen LogP contribution >= 0.6 is 23.2 Å². The van der Waals surface area contributed by atoms with Gasteiger partial charge in [0.1, 0.15) is 5.75 Å². The minimum Gasteiger partial charge on any atom is -0.479 e. The van der Waals surface area contributed by atoms with Crippen LogP contribution in [0.2, 0.25) is 10.0 Å². The monoisotopic (exact) mass is 367 g/mol. The molecule has 0 saturated carbocycles. The summed E-state index contributed by atoms with van der Waals surface area (Å²) in [6.07, 6.45) is -0.874. The highest BCUT2D eigenvalue weighted by atomic mass is 35.5. The summed E-state index contributed by atoms with van der Waals surface area (Å²) in [6.45, 7) is 1.52. The summed E-state index contributed by atoms with van der Waals surface area (Å²) in [5.41, 5.74) is 5.09. The number of amides is 3. The smallest absolute Gasteiger partial charge is 0.337 e. The molecule has 2 rings (SSSR count). The van der Waals surface area contributed by atoms with Gasteiger partial charge in [-0.25, -0.2) is 10.2 Å². The molecule has 0 heterocycles. The van der Waals surface area contributed by atoms with Crippen LogP contribution in [-0.4, -0.2) is 18.0 Å². The Balaban J connectivity index is 1.82. The summed E-state index contributed by atoms with van der Waals surface area (Å²) >= 11 is 11.8. The van der Waals surface area contributed by atoms with E-state index in [9.17, 15) is 9.59 Å². The zero-order valence-electron chi connectivity index (χ0n) is 12.7. The maximum absolute atomic E-state index is 11.9. The number of ether oxygens (including phenoxy) is 1. The molecular formula is C16H15Cl2N3O3. The van der Waals surface area contributed by atoms with Crippen molar-refractivity contribution in [1.29, 1.82) is 0 Å². The summed E-state index contributed by atoms with van der Waals surface area (Å²) in [4.78, 5) is 23.6. The molecule has 0 fully saturated rings. The fourth-order valence-electron chi connectivity index (χ4n) is 1.72. The molecule has 0 aromatic heterocycles. The molecular weight excluding hydrogens is 353 g/mol. The van der Waals surface area contributed by atoms with Gasteiger partial charge in [-0.2, -0.15) is 0 Å². The van der Waals surface area contributed by atoms with E-state index in [2.05, 4.69) is 16.2 Å². The van der Waals surface area contributed by atoms with Gasteiger partial charge < -0.3 is 10.1 Å². The number of benzene rings is 2. The molecule has 0 aliphatic heterocycles. The first kappa shape index (κ1) is 17.9. The van der Waals surface area contributed by atoms with Crippen LogP contribution in [0.3, 0.4) is 0 Å². The third kappa shape index (κ3) is 5.33. The Morgan fingerprint density at radius 1 is 1.04 bits per heavy atom. The lowest BCUT2D eigenvalue weighted by Crippen LogP contribution is -2.48. The molecule has 3 N–H and O–H groups in total. The Morgan fingerprint density at radius 2 is 1.75 bits per heavy atom. The highest BCUT2D eigenvalue weighted by Gasteiger charge is 2.17. The van der Waals surface area contributed by atoms with E-state index in [1.807, 2.05) is 6.07 Å². The van der Waals surface area contributed by atoms with E-state index in [1.165, 1.54) is 13.0 Å². The van der Waals surface area contributed by atoms with Crippen molar-refractivity contribution in [2.45, 2.75) is 13.0 Å². The number of carbonyl (C=O) groups excluding carboxylic acids is 2. The van der Waals surface area contributed by atoms with Crippen LogP contribution in [0.5, 0.6) is 5.75 Å². The van der Waals surface area contributed by atoms with E-state index >= 15 is 0 Å². The fourth-order valence-corrected chi connectivity index (χ4v) is 2.17. The SMILES string of the molecule is CC(Oc1ccc(Cl)cc1Cl)C(=O)NNC(=O)Nc1ccccc1. The van der Waals surface area contributed by atoms with Crippen LogP contribution in [0.25, 0.3) is 0 Å². The number of carbonyl (C=O) groups is 2. The molecule has 8 heteroatoms. The van der Waals surface area contributed by atoms with Gasteiger partial charge in [-0.15, -0.1) is 0 Å². The number of hydrogen-bond donors (Lipinski definition) is 3.